The Labute approximate surface area is 107 Å². The van der Waals surface area contributed by atoms with Gasteiger partial charge in [-0.2, -0.15) is 0 Å². The van der Waals surface area contributed by atoms with Crippen molar-refractivity contribution < 1.29 is 4.79 Å². The number of nitrogens with one attached hydrogen (secondary N) is 2. The summed E-state index contributed by atoms with van der Waals surface area (Å²) in [6.07, 6.45) is 1.15. The van der Waals surface area contributed by atoms with E-state index in [1.54, 1.807) is 0 Å². The van der Waals surface area contributed by atoms with Crippen molar-refractivity contribution in [3.8, 4) is 0 Å². The number of nitrogens with two attached hydrogens (primary N) is 1. The Bertz CT molecular complexity index is 419. The summed E-state index contributed by atoms with van der Waals surface area (Å²) in [6, 6.07) is 0. The first kappa shape index (κ1) is 14.2. The van der Waals surface area contributed by atoms with Crippen molar-refractivity contribution in [1.82, 2.24) is 15.3 Å². The molecule has 18 heavy (non-hydrogen) atoms. The van der Waals surface area contributed by atoms with E-state index in [1.807, 2.05) is 20.8 Å². The van der Waals surface area contributed by atoms with Gasteiger partial charge in [-0.05, 0) is 13.8 Å². The Morgan fingerprint density at radius 2 is 2.06 bits per heavy atom. The van der Waals surface area contributed by atoms with Crippen molar-refractivity contribution in [3.63, 3.8) is 0 Å². The number of nitrogen functional groups attached to an aromatic ring is 1. The number of carbonyl (C=O) groups excluding carboxylic acids is 1. The third kappa shape index (κ3) is 3.87. The van der Waals surface area contributed by atoms with Crippen LogP contribution in [0.3, 0.4) is 0 Å². The second kappa shape index (κ2) is 6.78. The second-order valence-corrected chi connectivity index (χ2v) is 3.98. The van der Waals surface area contributed by atoms with Crippen LogP contribution in [0.2, 0.25) is 0 Å². The van der Waals surface area contributed by atoms with Gasteiger partial charge in [0, 0.05) is 31.5 Å². The molecular formula is C12H21N5O. The van der Waals surface area contributed by atoms with E-state index in [1.165, 1.54) is 0 Å². The van der Waals surface area contributed by atoms with Crippen LogP contribution in [0.15, 0.2) is 0 Å². The molecule has 6 nitrogen and oxygen atoms in total. The molecule has 0 aliphatic rings. The first-order chi connectivity index (χ1) is 8.58. The Balaban J connectivity index is 2.61. The molecule has 0 unspecified atom stereocenters. The maximum atomic E-state index is 11.3. The molecule has 0 atom stereocenters. The summed E-state index contributed by atoms with van der Waals surface area (Å²) in [4.78, 5) is 19.8. The maximum absolute atomic E-state index is 11.3. The molecule has 1 amide bonds. The number of hydrogen-bond donors (Lipinski definition) is 3. The van der Waals surface area contributed by atoms with Crippen molar-refractivity contribution in [1.29, 1.82) is 0 Å². The number of rotatable bonds is 6. The molecule has 0 bridgehead atoms. The Morgan fingerprint density at radius 1 is 1.33 bits per heavy atom. The largest absolute Gasteiger partial charge is 0.383 e. The summed E-state index contributed by atoms with van der Waals surface area (Å²) >= 11 is 0. The number of carbonyl (C=O) groups is 1. The molecule has 4 N–H and O–H groups in total. The minimum Gasteiger partial charge on any atom is -0.383 e. The minimum atomic E-state index is 0.0281. The van der Waals surface area contributed by atoms with Crippen LogP contribution >= 0.6 is 0 Å². The van der Waals surface area contributed by atoms with Gasteiger partial charge in [-0.25, -0.2) is 9.97 Å². The molecule has 100 valence electrons. The average molecular weight is 251 g/mol. The fourth-order valence-electron chi connectivity index (χ4n) is 1.49. The van der Waals surface area contributed by atoms with E-state index in [0.717, 1.165) is 12.0 Å². The highest BCUT2D eigenvalue weighted by molar-refractivity contribution is 5.76. The standard InChI is InChI=1S/C12H21N5O/c1-4-9-16-11(13)8(3)12(17-9)15-7-6-10(18)14-5-2/h4-7H2,1-3H3,(H,14,18)(H3,13,15,16,17). The normalized spacial score (nSPS) is 10.2. The Morgan fingerprint density at radius 3 is 2.67 bits per heavy atom. The van der Waals surface area contributed by atoms with Gasteiger partial charge in [0.1, 0.15) is 17.5 Å². The number of amides is 1. The quantitative estimate of drug-likeness (QED) is 0.697. The van der Waals surface area contributed by atoms with Gasteiger partial charge in [0.2, 0.25) is 5.91 Å². The molecule has 1 rings (SSSR count). The van der Waals surface area contributed by atoms with Crippen molar-refractivity contribution in [2.45, 2.75) is 33.6 Å². The predicted octanol–water partition coefficient (Wildman–Crippen LogP) is 0.868. The fourth-order valence-corrected chi connectivity index (χ4v) is 1.49. The van der Waals surface area contributed by atoms with Crippen LogP contribution in [0.1, 0.15) is 31.7 Å². The molecule has 0 radical (unpaired) electrons. The molecule has 0 aliphatic heterocycles. The van der Waals surface area contributed by atoms with Gasteiger partial charge < -0.3 is 16.4 Å². The van der Waals surface area contributed by atoms with E-state index in [-0.39, 0.29) is 5.91 Å². The third-order valence-electron chi connectivity index (χ3n) is 2.56. The highest BCUT2D eigenvalue weighted by Crippen LogP contribution is 2.17. The molecule has 1 aromatic rings. The molecule has 0 fully saturated rings. The van der Waals surface area contributed by atoms with Crippen LogP contribution in [-0.2, 0) is 11.2 Å². The van der Waals surface area contributed by atoms with Gasteiger partial charge in [-0.1, -0.05) is 6.92 Å². The number of hydrogen-bond acceptors (Lipinski definition) is 5. The molecule has 0 saturated carbocycles. The van der Waals surface area contributed by atoms with Gasteiger partial charge in [-0.3, -0.25) is 4.79 Å². The summed E-state index contributed by atoms with van der Waals surface area (Å²) in [5.74, 6) is 1.94. The smallest absolute Gasteiger partial charge is 0.221 e. The summed E-state index contributed by atoms with van der Waals surface area (Å²) in [5.41, 5.74) is 6.63. The van der Waals surface area contributed by atoms with E-state index < -0.39 is 0 Å². The van der Waals surface area contributed by atoms with Gasteiger partial charge in [0.25, 0.3) is 0 Å². The minimum absolute atomic E-state index is 0.0281. The maximum Gasteiger partial charge on any atom is 0.221 e. The van der Waals surface area contributed by atoms with E-state index in [4.69, 9.17) is 5.73 Å². The molecule has 0 spiro atoms. The van der Waals surface area contributed by atoms with E-state index >= 15 is 0 Å². The number of nitrogens with zero attached hydrogens (tertiary/aromatic N) is 2. The zero-order valence-corrected chi connectivity index (χ0v) is 11.2. The summed E-state index contributed by atoms with van der Waals surface area (Å²) < 4.78 is 0. The first-order valence-corrected chi connectivity index (χ1v) is 6.22. The highest BCUT2D eigenvalue weighted by atomic mass is 16.1. The SMILES string of the molecule is CCNC(=O)CCNc1nc(CC)nc(N)c1C. The third-order valence-corrected chi connectivity index (χ3v) is 2.56. The van der Waals surface area contributed by atoms with Gasteiger partial charge in [-0.15, -0.1) is 0 Å². The topological polar surface area (TPSA) is 92.9 Å². The van der Waals surface area contributed by atoms with E-state index in [2.05, 4.69) is 20.6 Å². The van der Waals surface area contributed by atoms with Gasteiger partial charge >= 0.3 is 0 Å². The zero-order valence-electron chi connectivity index (χ0n) is 11.2. The lowest BCUT2D eigenvalue weighted by molar-refractivity contribution is -0.120. The number of aromatic nitrogens is 2. The summed E-state index contributed by atoms with van der Waals surface area (Å²) in [7, 11) is 0. The molecule has 1 aromatic heterocycles. The lowest BCUT2D eigenvalue weighted by Crippen LogP contribution is -2.25. The zero-order chi connectivity index (χ0) is 13.5. The number of anilines is 2. The number of aryl methyl sites for hydroxylation is 1. The van der Waals surface area contributed by atoms with Crippen LogP contribution in [0, 0.1) is 6.92 Å². The lowest BCUT2D eigenvalue weighted by atomic mass is 10.3. The van der Waals surface area contributed by atoms with Crippen molar-refractivity contribution >= 4 is 17.5 Å². The van der Waals surface area contributed by atoms with Gasteiger partial charge in [0.15, 0.2) is 0 Å². The van der Waals surface area contributed by atoms with Crippen LogP contribution in [0.4, 0.5) is 11.6 Å². The van der Waals surface area contributed by atoms with Crippen molar-refractivity contribution in [2.75, 3.05) is 24.1 Å². The predicted molar refractivity (Wildman–Crippen MR) is 72.3 cm³/mol. The van der Waals surface area contributed by atoms with Crippen LogP contribution in [-0.4, -0.2) is 29.0 Å². The molecule has 0 saturated heterocycles. The fraction of sp³-hybridized carbons (Fsp3) is 0.583. The first-order valence-electron chi connectivity index (χ1n) is 6.22. The van der Waals surface area contributed by atoms with E-state index in [9.17, 15) is 4.79 Å². The van der Waals surface area contributed by atoms with Crippen LogP contribution in [0.5, 0.6) is 0 Å². The molecule has 0 aromatic carbocycles. The second-order valence-electron chi connectivity index (χ2n) is 3.98. The molecule has 6 heteroatoms. The summed E-state index contributed by atoms with van der Waals surface area (Å²) in [5, 5.41) is 5.87. The monoisotopic (exact) mass is 251 g/mol. The Kier molecular flexibility index (Phi) is 5.35. The Hall–Kier alpha value is -1.85. The van der Waals surface area contributed by atoms with Crippen LogP contribution in [0.25, 0.3) is 0 Å². The molecule has 1 heterocycles. The molecule has 0 aliphatic carbocycles. The average Bonchev–Trinajstić information content (AvgIpc) is 2.34. The van der Waals surface area contributed by atoms with Crippen molar-refractivity contribution in [2.24, 2.45) is 0 Å². The van der Waals surface area contributed by atoms with Crippen molar-refractivity contribution in [3.05, 3.63) is 11.4 Å². The lowest BCUT2D eigenvalue weighted by Gasteiger charge is -2.11. The van der Waals surface area contributed by atoms with Crippen LogP contribution < -0.4 is 16.4 Å². The molecular weight excluding hydrogens is 230 g/mol. The van der Waals surface area contributed by atoms with Gasteiger partial charge in [0.05, 0.1) is 0 Å². The van der Waals surface area contributed by atoms with E-state index in [0.29, 0.717) is 37.0 Å². The highest BCUT2D eigenvalue weighted by Gasteiger charge is 2.08. The summed E-state index contributed by atoms with van der Waals surface area (Å²) in [6.45, 7) is 6.92.